The molecule has 30 heavy (non-hydrogen) atoms. The largest absolute Gasteiger partial charge is 0.481 e. The number of hydrogen-bond donors (Lipinski definition) is 2. The summed E-state index contributed by atoms with van der Waals surface area (Å²) in [6, 6.07) is 10.8. The maximum absolute atomic E-state index is 14.8. The van der Waals surface area contributed by atoms with Gasteiger partial charge in [0.25, 0.3) is 0 Å². The molecule has 160 valence electrons. The molecular formula is C22H23F2NO4S. The Bertz CT molecular complexity index is 915. The third-order valence-corrected chi connectivity index (χ3v) is 6.18. The van der Waals surface area contributed by atoms with E-state index in [1.54, 1.807) is 24.3 Å². The number of carbonyl (C=O) groups is 2. The molecule has 1 aliphatic rings. The summed E-state index contributed by atoms with van der Waals surface area (Å²) in [4.78, 5) is 26.0. The number of aliphatic hydroxyl groups excluding tert-OH is 1. The molecule has 0 radical (unpaired) electrons. The Labute approximate surface area is 177 Å². The number of aliphatic carboxylic acids is 1. The number of likely N-dealkylation sites (tertiary alicyclic amines) is 1. The third-order valence-electron chi connectivity index (χ3n) is 5.04. The van der Waals surface area contributed by atoms with Gasteiger partial charge >= 0.3 is 5.97 Å². The summed E-state index contributed by atoms with van der Waals surface area (Å²) in [6.45, 7) is 0.269. The van der Waals surface area contributed by atoms with E-state index < -0.39 is 30.1 Å². The van der Waals surface area contributed by atoms with Crippen molar-refractivity contribution in [3.63, 3.8) is 0 Å². The molecule has 2 N–H and O–H groups in total. The highest BCUT2D eigenvalue weighted by atomic mass is 32.1. The summed E-state index contributed by atoms with van der Waals surface area (Å²) in [7, 11) is 0. The van der Waals surface area contributed by atoms with Crippen LogP contribution in [0, 0.1) is 0 Å². The molecule has 0 aliphatic carbocycles. The van der Waals surface area contributed by atoms with Crippen LogP contribution in [0.2, 0.25) is 0 Å². The molecule has 0 bridgehead atoms. The van der Waals surface area contributed by atoms with Crippen LogP contribution in [0.4, 0.5) is 8.78 Å². The van der Waals surface area contributed by atoms with E-state index in [9.17, 15) is 23.5 Å². The summed E-state index contributed by atoms with van der Waals surface area (Å²) in [5.74, 6) is -1.82. The zero-order valence-corrected chi connectivity index (χ0v) is 17.0. The number of carboxylic acid groups (broad SMARTS) is 1. The number of nitrogens with zero attached hydrogens (tertiary/aromatic N) is 1. The van der Waals surface area contributed by atoms with Gasteiger partial charge in [-0.25, -0.2) is 8.78 Å². The summed E-state index contributed by atoms with van der Waals surface area (Å²) in [6.07, 6.45) is -1.69. The first-order valence-corrected chi connectivity index (χ1v) is 10.5. The van der Waals surface area contributed by atoms with Crippen LogP contribution in [0.1, 0.15) is 34.3 Å². The number of carbonyl (C=O) groups excluding carboxylic acids is 1. The molecule has 3 rings (SSSR count). The van der Waals surface area contributed by atoms with Crippen LogP contribution in [0.15, 0.2) is 54.4 Å². The molecule has 0 spiro atoms. The molecule has 5 nitrogen and oxygen atoms in total. The van der Waals surface area contributed by atoms with Gasteiger partial charge in [-0.05, 0) is 36.6 Å². The smallest absolute Gasteiger partial charge is 0.308 e. The van der Waals surface area contributed by atoms with E-state index in [0.717, 1.165) is 11.0 Å². The molecule has 1 aromatic heterocycles. The molecule has 3 atom stereocenters. The van der Waals surface area contributed by atoms with Crippen LogP contribution in [-0.2, 0) is 22.4 Å². The predicted molar refractivity (Wildman–Crippen MR) is 110 cm³/mol. The number of alkyl halides is 1. The number of carboxylic acids is 1. The zero-order chi connectivity index (χ0) is 21.7. The lowest BCUT2D eigenvalue weighted by atomic mass is 10.0. The van der Waals surface area contributed by atoms with Gasteiger partial charge in [-0.3, -0.25) is 9.59 Å². The Kier molecular flexibility index (Phi) is 7.33. The Morgan fingerprint density at radius 1 is 1.23 bits per heavy atom. The first kappa shape index (κ1) is 22.1. The lowest BCUT2D eigenvalue weighted by molar-refractivity contribution is -0.136. The van der Waals surface area contributed by atoms with Crippen molar-refractivity contribution in [3.8, 4) is 0 Å². The van der Waals surface area contributed by atoms with Crippen LogP contribution < -0.4 is 0 Å². The van der Waals surface area contributed by atoms with Gasteiger partial charge < -0.3 is 15.1 Å². The average Bonchev–Trinajstić information content (AvgIpc) is 3.32. The van der Waals surface area contributed by atoms with E-state index in [0.29, 0.717) is 11.3 Å². The number of thiophene rings is 1. The molecule has 1 aromatic carbocycles. The lowest BCUT2D eigenvalue weighted by Gasteiger charge is -2.24. The SMILES string of the molecule is O=C(O)Cc1ccc(CCN2C(=O)CC[C@@H]2C(F)=CC(O)C(F)c2ccccc2)s1. The van der Waals surface area contributed by atoms with Crippen molar-refractivity contribution in [2.24, 2.45) is 0 Å². The van der Waals surface area contributed by atoms with E-state index >= 15 is 0 Å². The van der Waals surface area contributed by atoms with Crippen LogP contribution in [-0.4, -0.2) is 45.7 Å². The fourth-order valence-corrected chi connectivity index (χ4v) is 4.52. The van der Waals surface area contributed by atoms with Crippen molar-refractivity contribution < 1.29 is 28.6 Å². The Hall–Kier alpha value is -2.58. The lowest BCUT2D eigenvalue weighted by Crippen LogP contribution is -2.35. The number of halogens is 2. The molecule has 1 amide bonds. The molecule has 2 heterocycles. The molecule has 8 heteroatoms. The molecular weight excluding hydrogens is 412 g/mol. The normalized spacial score (nSPS) is 19.2. The second kappa shape index (κ2) is 9.95. The predicted octanol–water partition coefficient (Wildman–Crippen LogP) is 3.83. The van der Waals surface area contributed by atoms with Gasteiger partial charge in [0.1, 0.15) is 11.9 Å². The van der Waals surface area contributed by atoms with E-state index in [1.165, 1.54) is 28.4 Å². The first-order chi connectivity index (χ1) is 14.3. The van der Waals surface area contributed by atoms with Crippen molar-refractivity contribution in [2.75, 3.05) is 6.54 Å². The Morgan fingerprint density at radius 3 is 2.63 bits per heavy atom. The highest BCUT2D eigenvalue weighted by Crippen LogP contribution is 2.29. The van der Waals surface area contributed by atoms with E-state index in [4.69, 9.17) is 5.11 Å². The van der Waals surface area contributed by atoms with Gasteiger partial charge in [0.2, 0.25) is 5.91 Å². The monoisotopic (exact) mass is 435 g/mol. The number of benzene rings is 1. The molecule has 1 fully saturated rings. The fourth-order valence-electron chi connectivity index (χ4n) is 3.52. The number of rotatable bonds is 9. The maximum Gasteiger partial charge on any atom is 0.308 e. The van der Waals surface area contributed by atoms with Gasteiger partial charge in [-0.15, -0.1) is 11.3 Å². The van der Waals surface area contributed by atoms with Crippen molar-refractivity contribution in [1.82, 2.24) is 4.90 Å². The topological polar surface area (TPSA) is 77.8 Å². The van der Waals surface area contributed by atoms with E-state index in [-0.39, 0.29) is 37.3 Å². The van der Waals surface area contributed by atoms with Crippen molar-refractivity contribution in [3.05, 3.63) is 69.7 Å². The van der Waals surface area contributed by atoms with Crippen LogP contribution in [0.25, 0.3) is 0 Å². The number of hydrogen-bond acceptors (Lipinski definition) is 4. The second-order valence-electron chi connectivity index (χ2n) is 7.18. The van der Waals surface area contributed by atoms with Gasteiger partial charge in [-0.1, -0.05) is 30.3 Å². The maximum atomic E-state index is 14.8. The van der Waals surface area contributed by atoms with Gasteiger partial charge in [0.15, 0.2) is 6.17 Å². The van der Waals surface area contributed by atoms with Crippen LogP contribution >= 0.6 is 11.3 Å². The van der Waals surface area contributed by atoms with Gasteiger partial charge in [-0.2, -0.15) is 0 Å². The average molecular weight is 435 g/mol. The number of amides is 1. The van der Waals surface area contributed by atoms with E-state index in [1.807, 2.05) is 6.07 Å². The third kappa shape index (κ3) is 5.52. The molecule has 0 saturated carbocycles. The summed E-state index contributed by atoms with van der Waals surface area (Å²) in [5, 5.41) is 18.9. The van der Waals surface area contributed by atoms with Crippen LogP contribution in [0.5, 0.6) is 0 Å². The minimum Gasteiger partial charge on any atom is -0.481 e. The summed E-state index contributed by atoms with van der Waals surface area (Å²) in [5.41, 5.74) is 0.253. The highest BCUT2D eigenvalue weighted by Gasteiger charge is 2.34. The first-order valence-electron chi connectivity index (χ1n) is 9.68. The Morgan fingerprint density at radius 2 is 1.93 bits per heavy atom. The fraction of sp³-hybridized carbons (Fsp3) is 0.364. The minimum atomic E-state index is -1.76. The van der Waals surface area contributed by atoms with Gasteiger partial charge in [0, 0.05) is 22.7 Å². The van der Waals surface area contributed by atoms with Crippen molar-refractivity contribution in [2.45, 2.75) is 44.0 Å². The van der Waals surface area contributed by atoms with Crippen LogP contribution in [0.3, 0.4) is 0 Å². The van der Waals surface area contributed by atoms with Crippen molar-refractivity contribution >= 4 is 23.2 Å². The minimum absolute atomic E-state index is 0.0585. The van der Waals surface area contributed by atoms with Crippen molar-refractivity contribution in [1.29, 1.82) is 0 Å². The Balaban J connectivity index is 1.64. The number of aliphatic hydroxyl groups is 1. The summed E-state index contributed by atoms with van der Waals surface area (Å²) >= 11 is 1.35. The quantitative estimate of drug-likeness (QED) is 0.628. The van der Waals surface area contributed by atoms with E-state index in [2.05, 4.69) is 0 Å². The molecule has 1 aliphatic heterocycles. The standard InChI is InChI=1S/C22H23F2NO4S/c23-17(13-19(26)22(24)14-4-2-1-3-5-14)18-8-9-20(27)25(18)11-10-15-6-7-16(30-15)12-21(28)29/h1-7,13,18-19,22,26H,8-12H2,(H,28,29)/t18-,19?,22?/m1/s1. The van der Waals surface area contributed by atoms with Gasteiger partial charge in [0.05, 0.1) is 12.5 Å². The molecule has 2 unspecified atom stereocenters. The molecule has 1 saturated heterocycles. The highest BCUT2D eigenvalue weighted by molar-refractivity contribution is 7.12. The second-order valence-corrected chi connectivity index (χ2v) is 8.44. The summed E-state index contributed by atoms with van der Waals surface area (Å²) < 4.78 is 29.2. The molecule has 2 aromatic rings. The zero-order valence-electron chi connectivity index (χ0n) is 16.2.